The number of ether oxygens (including phenoxy) is 2. The maximum absolute atomic E-state index is 12.8. The third-order valence-electron chi connectivity index (χ3n) is 6.93. The first-order chi connectivity index (χ1) is 18.5. The van der Waals surface area contributed by atoms with Crippen molar-refractivity contribution in [2.24, 2.45) is 0 Å². The highest BCUT2D eigenvalue weighted by atomic mass is 35.5. The van der Waals surface area contributed by atoms with Gasteiger partial charge in [0.25, 0.3) is 5.91 Å². The molecule has 0 bridgehead atoms. The Morgan fingerprint density at radius 3 is 2.90 bits per heavy atom. The van der Waals surface area contributed by atoms with Gasteiger partial charge in [-0.1, -0.05) is 17.7 Å². The Hall–Kier alpha value is -2.99. The Labute approximate surface area is 239 Å². The van der Waals surface area contributed by atoms with Crippen LogP contribution in [0, 0.1) is 0 Å². The van der Waals surface area contributed by atoms with Gasteiger partial charge in [-0.05, 0) is 48.9 Å². The SMILES string of the molecule is COc1cc(C(=O)NC[C@H](O)CN2CCc3c(ccc(OCc4cnco4)c3Cl)C2)cc(NC2CCC2)n1.S. The summed E-state index contributed by atoms with van der Waals surface area (Å²) in [5.74, 6) is 1.95. The predicted octanol–water partition coefficient (Wildman–Crippen LogP) is 3.54. The summed E-state index contributed by atoms with van der Waals surface area (Å²) in [5, 5.41) is 17.4. The molecule has 3 N–H and O–H groups in total. The Balaban J connectivity index is 0.00000353. The van der Waals surface area contributed by atoms with Crippen LogP contribution in [-0.4, -0.2) is 64.8 Å². The number of nitrogens with zero attached hydrogens (tertiary/aromatic N) is 3. The minimum absolute atomic E-state index is 0. The van der Waals surface area contributed by atoms with E-state index in [1.807, 2.05) is 12.1 Å². The summed E-state index contributed by atoms with van der Waals surface area (Å²) >= 11 is 6.63. The smallest absolute Gasteiger partial charge is 0.251 e. The number of anilines is 1. The topological polar surface area (TPSA) is 122 Å². The van der Waals surface area contributed by atoms with Crippen LogP contribution in [0.25, 0.3) is 0 Å². The van der Waals surface area contributed by atoms with Crippen molar-refractivity contribution in [1.82, 2.24) is 20.2 Å². The van der Waals surface area contributed by atoms with Gasteiger partial charge in [0.15, 0.2) is 12.2 Å². The number of hydrogen-bond donors (Lipinski definition) is 3. The zero-order valence-electron chi connectivity index (χ0n) is 21.8. The van der Waals surface area contributed by atoms with Gasteiger partial charge >= 0.3 is 0 Å². The molecule has 3 heterocycles. The number of β-amino-alcohol motifs (C(OH)–C–C–N with tert-alkyl or cyclic N) is 1. The standard InChI is InChI=1S/C27H32ClN5O5.H2S/c1-36-25-10-18(9-24(32-25)31-19-3-2-4-19)27(35)30-11-20(34)14-33-8-7-22-17(13-33)5-6-23(26(22)28)37-15-21-12-29-16-38-21;/h5-6,9-10,12,16,19-20,34H,2-4,7-8,11,13-15H2,1H3,(H,30,35)(H,31,32);1H2/t20-;/m0./s1. The molecule has 0 unspecified atom stereocenters. The summed E-state index contributed by atoms with van der Waals surface area (Å²) in [7, 11) is 1.53. The predicted molar refractivity (Wildman–Crippen MR) is 152 cm³/mol. The lowest BCUT2D eigenvalue weighted by Gasteiger charge is -2.31. The van der Waals surface area contributed by atoms with Crippen molar-refractivity contribution in [3.05, 3.63) is 64.3 Å². The van der Waals surface area contributed by atoms with Crippen LogP contribution >= 0.6 is 25.1 Å². The molecule has 1 atom stereocenters. The highest BCUT2D eigenvalue weighted by molar-refractivity contribution is 7.59. The maximum atomic E-state index is 12.8. The number of aromatic nitrogens is 2. The molecule has 0 saturated heterocycles. The third-order valence-corrected chi connectivity index (χ3v) is 7.34. The van der Waals surface area contributed by atoms with Crippen LogP contribution in [0.4, 0.5) is 5.82 Å². The van der Waals surface area contributed by atoms with E-state index in [0.29, 0.717) is 52.9 Å². The second-order valence-corrected chi connectivity index (χ2v) is 10.1. The maximum Gasteiger partial charge on any atom is 0.251 e. The summed E-state index contributed by atoms with van der Waals surface area (Å²) in [6.07, 6.45) is 6.37. The fourth-order valence-electron chi connectivity index (χ4n) is 4.63. The van der Waals surface area contributed by atoms with E-state index in [1.54, 1.807) is 18.3 Å². The Morgan fingerprint density at radius 1 is 1.33 bits per heavy atom. The fourth-order valence-corrected chi connectivity index (χ4v) is 4.96. The van der Waals surface area contributed by atoms with Crippen molar-refractivity contribution < 1.29 is 23.8 Å². The van der Waals surface area contributed by atoms with Crippen LogP contribution < -0.4 is 20.1 Å². The van der Waals surface area contributed by atoms with Crippen molar-refractivity contribution in [2.75, 3.05) is 32.1 Å². The highest BCUT2D eigenvalue weighted by Crippen LogP contribution is 2.34. The molecule has 1 aromatic carbocycles. The van der Waals surface area contributed by atoms with Crippen LogP contribution in [0.15, 0.2) is 41.3 Å². The minimum Gasteiger partial charge on any atom is -0.484 e. The van der Waals surface area contributed by atoms with E-state index < -0.39 is 6.10 Å². The molecule has 2 aliphatic rings. The molecule has 39 heavy (non-hydrogen) atoms. The second kappa shape index (κ2) is 13.4. The molecular formula is C27H34ClN5O5S. The summed E-state index contributed by atoms with van der Waals surface area (Å²) in [4.78, 5) is 23.2. The molecule has 3 aromatic rings. The number of oxazole rings is 1. The molecule has 12 heteroatoms. The fraction of sp³-hybridized carbons (Fsp3) is 0.444. The molecule has 1 aliphatic carbocycles. The Kier molecular flexibility index (Phi) is 9.95. The first kappa shape index (κ1) is 29.0. The van der Waals surface area contributed by atoms with Crippen LogP contribution in [-0.2, 0) is 19.6 Å². The second-order valence-electron chi connectivity index (χ2n) is 9.68. The Morgan fingerprint density at radius 2 is 2.18 bits per heavy atom. The van der Waals surface area contributed by atoms with Gasteiger partial charge in [0.2, 0.25) is 5.88 Å². The van der Waals surface area contributed by atoms with E-state index in [2.05, 4.69) is 25.5 Å². The number of aliphatic hydroxyl groups excluding tert-OH is 1. The lowest BCUT2D eigenvalue weighted by molar-refractivity contribution is 0.0841. The number of rotatable bonds is 11. The molecule has 1 saturated carbocycles. The van der Waals surface area contributed by atoms with Crippen LogP contribution in [0.1, 0.15) is 46.5 Å². The monoisotopic (exact) mass is 575 g/mol. The number of hydrogen-bond acceptors (Lipinski definition) is 9. The van der Waals surface area contributed by atoms with Gasteiger partial charge in [0.1, 0.15) is 18.2 Å². The quantitative estimate of drug-likeness (QED) is 0.315. The van der Waals surface area contributed by atoms with Gasteiger partial charge in [0.05, 0.1) is 24.4 Å². The lowest BCUT2D eigenvalue weighted by atomic mass is 9.93. The number of aliphatic hydroxyl groups is 1. The lowest BCUT2D eigenvalue weighted by Crippen LogP contribution is -2.42. The first-order valence-corrected chi connectivity index (χ1v) is 13.2. The van der Waals surface area contributed by atoms with Gasteiger partial charge in [0, 0.05) is 43.9 Å². The third kappa shape index (κ3) is 7.36. The van der Waals surface area contributed by atoms with Crippen LogP contribution in [0.3, 0.4) is 0 Å². The van der Waals surface area contributed by atoms with Crippen molar-refractivity contribution in [3.63, 3.8) is 0 Å². The van der Waals surface area contributed by atoms with E-state index >= 15 is 0 Å². The van der Waals surface area contributed by atoms with E-state index in [9.17, 15) is 9.90 Å². The van der Waals surface area contributed by atoms with Crippen molar-refractivity contribution in [2.45, 2.75) is 51.0 Å². The largest absolute Gasteiger partial charge is 0.484 e. The number of amides is 1. The first-order valence-electron chi connectivity index (χ1n) is 12.8. The molecule has 0 radical (unpaired) electrons. The number of halogens is 1. The number of benzene rings is 1. The number of methoxy groups -OCH3 is 1. The average molecular weight is 576 g/mol. The Bertz CT molecular complexity index is 1260. The molecule has 1 aliphatic heterocycles. The van der Waals surface area contributed by atoms with Crippen molar-refractivity contribution in [1.29, 1.82) is 0 Å². The van der Waals surface area contributed by atoms with Gasteiger partial charge in [-0.2, -0.15) is 18.5 Å². The summed E-state index contributed by atoms with van der Waals surface area (Å²) in [5.41, 5.74) is 2.59. The van der Waals surface area contributed by atoms with Gasteiger partial charge in [-0.3, -0.25) is 9.69 Å². The molecule has 210 valence electrons. The van der Waals surface area contributed by atoms with Gasteiger partial charge in [-0.25, -0.2) is 4.98 Å². The number of pyridine rings is 1. The molecule has 5 rings (SSSR count). The van der Waals surface area contributed by atoms with Crippen molar-refractivity contribution >= 4 is 36.8 Å². The number of carbonyl (C=O) groups excluding carboxylic acids is 1. The van der Waals surface area contributed by atoms with Crippen molar-refractivity contribution in [3.8, 4) is 11.6 Å². The van der Waals surface area contributed by atoms with Gasteiger partial charge in [-0.15, -0.1) is 0 Å². The average Bonchev–Trinajstić information content (AvgIpc) is 3.42. The van der Waals surface area contributed by atoms with E-state index in [0.717, 1.165) is 36.9 Å². The highest BCUT2D eigenvalue weighted by Gasteiger charge is 2.23. The molecule has 1 amide bonds. The minimum atomic E-state index is -0.725. The van der Waals surface area contributed by atoms with Gasteiger partial charge < -0.3 is 29.6 Å². The number of carbonyl (C=O) groups is 1. The zero-order chi connectivity index (χ0) is 26.5. The summed E-state index contributed by atoms with van der Waals surface area (Å²) in [6.45, 7) is 2.21. The summed E-state index contributed by atoms with van der Waals surface area (Å²) < 4.78 is 16.3. The number of fused-ring (bicyclic) bond motifs is 1. The van der Waals surface area contributed by atoms with Crippen LogP contribution in [0.5, 0.6) is 11.6 Å². The van der Waals surface area contributed by atoms with E-state index in [4.69, 9.17) is 25.5 Å². The molecule has 10 nitrogen and oxygen atoms in total. The van der Waals surface area contributed by atoms with E-state index in [-0.39, 0.29) is 32.6 Å². The number of nitrogens with one attached hydrogen (secondary N) is 2. The zero-order valence-corrected chi connectivity index (χ0v) is 23.5. The molecule has 2 aromatic heterocycles. The van der Waals surface area contributed by atoms with Crippen LogP contribution in [0.2, 0.25) is 5.02 Å². The molecule has 0 spiro atoms. The molecule has 1 fully saturated rings. The molecular weight excluding hydrogens is 542 g/mol. The normalized spacial score (nSPS) is 15.9. The van der Waals surface area contributed by atoms with E-state index in [1.165, 1.54) is 19.9 Å². The summed E-state index contributed by atoms with van der Waals surface area (Å²) in [6, 6.07) is 7.56.